The fourth-order valence-electron chi connectivity index (χ4n) is 2.96. The first-order valence-corrected chi connectivity index (χ1v) is 8.24. The van der Waals surface area contributed by atoms with Crippen molar-refractivity contribution in [3.63, 3.8) is 0 Å². The number of ether oxygens (including phenoxy) is 2. The predicted molar refractivity (Wildman–Crippen MR) is 85.4 cm³/mol. The summed E-state index contributed by atoms with van der Waals surface area (Å²) in [6.07, 6.45) is -4.37. The Morgan fingerprint density at radius 3 is 2.50 bits per heavy atom. The van der Waals surface area contributed by atoms with Crippen molar-refractivity contribution in [1.29, 1.82) is 0 Å². The second-order valence-corrected chi connectivity index (χ2v) is 5.92. The molecule has 1 saturated heterocycles. The van der Waals surface area contributed by atoms with E-state index in [9.17, 15) is 13.2 Å². The number of hydrogen-bond acceptors (Lipinski definition) is 6. The standard InChI is InChI=1S/C16H20F3N5O2/c1-25-9-8-24-15(20-21-22-24)14(23-6-10-26-11-7-23)12-2-4-13(5-3-12)16(17,18)19/h2-5,14H,6-11H2,1H3/t14-/m1/s1. The molecule has 0 unspecified atom stereocenters. The number of benzene rings is 1. The van der Waals surface area contributed by atoms with Crippen LogP contribution in [0.25, 0.3) is 0 Å². The van der Waals surface area contributed by atoms with Crippen molar-refractivity contribution in [2.75, 3.05) is 40.0 Å². The Morgan fingerprint density at radius 2 is 1.88 bits per heavy atom. The fourth-order valence-corrected chi connectivity index (χ4v) is 2.96. The van der Waals surface area contributed by atoms with Crippen LogP contribution in [0, 0.1) is 0 Å². The van der Waals surface area contributed by atoms with Gasteiger partial charge in [0.25, 0.3) is 0 Å². The summed E-state index contributed by atoms with van der Waals surface area (Å²) in [7, 11) is 1.58. The molecule has 0 N–H and O–H groups in total. The van der Waals surface area contributed by atoms with Gasteiger partial charge in [-0.15, -0.1) is 5.10 Å². The molecule has 0 amide bonds. The zero-order chi connectivity index (χ0) is 18.6. The van der Waals surface area contributed by atoms with E-state index in [-0.39, 0.29) is 6.04 Å². The summed E-state index contributed by atoms with van der Waals surface area (Å²) in [6, 6.07) is 4.79. The Labute approximate surface area is 148 Å². The van der Waals surface area contributed by atoms with Crippen LogP contribution in [0.3, 0.4) is 0 Å². The molecule has 0 saturated carbocycles. The number of hydrogen-bond donors (Lipinski definition) is 0. The van der Waals surface area contributed by atoms with Crippen LogP contribution in [-0.4, -0.2) is 65.1 Å². The average molecular weight is 371 g/mol. The van der Waals surface area contributed by atoms with E-state index in [1.165, 1.54) is 12.1 Å². The van der Waals surface area contributed by atoms with E-state index < -0.39 is 11.7 Å². The second-order valence-electron chi connectivity index (χ2n) is 5.92. The number of halogens is 3. The zero-order valence-corrected chi connectivity index (χ0v) is 14.3. The van der Waals surface area contributed by atoms with E-state index in [1.54, 1.807) is 11.8 Å². The molecule has 0 radical (unpaired) electrons. The number of morpholine rings is 1. The highest BCUT2D eigenvalue weighted by Crippen LogP contribution is 2.32. The lowest BCUT2D eigenvalue weighted by Crippen LogP contribution is -2.40. The van der Waals surface area contributed by atoms with Crippen LogP contribution in [-0.2, 0) is 22.2 Å². The number of nitrogens with zero attached hydrogens (tertiary/aromatic N) is 5. The van der Waals surface area contributed by atoms with Gasteiger partial charge in [-0.2, -0.15) is 13.2 Å². The lowest BCUT2D eigenvalue weighted by atomic mass is 10.0. The van der Waals surface area contributed by atoms with Crippen LogP contribution in [0.5, 0.6) is 0 Å². The van der Waals surface area contributed by atoms with Gasteiger partial charge in [0.1, 0.15) is 0 Å². The number of methoxy groups -OCH3 is 1. The van der Waals surface area contributed by atoms with Gasteiger partial charge in [-0.3, -0.25) is 4.90 Å². The topological polar surface area (TPSA) is 65.3 Å². The fraction of sp³-hybridized carbons (Fsp3) is 0.562. The molecule has 7 nitrogen and oxygen atoms in total. The number of alkyl halides is 3. The van der Waals surface area contributed by atoms with E-state index in [4.69, 9.17) is 9.47 Å². The summed E-state index contributed by atoms with van der Waals surface area (Å²) in [6.45, 7) is 3.28. The van der Waals surface area contributed by atoms with Crippen molar-refractivity contribution in [3.05, 3.63) is 41.2 Å². The second kappa shape index (κ2) is 8.11. The molecule has 0 spiro atoms. The van der Waals surface area contributed by atoms with Crippen LogP contribution < -0.4 is 0 Å². The van der Waals surface area contributed by atoms with Crippen LogP contribution >= 0.6 is 0 Å². The van der Waals surface area contributed by atoms with Gasteiger partial charge in [-0.25, -0.2) is 4.68 Å². The molecule has 1 fully saturated rings. The monoisotopic (exact) mass is 371 g/mol. The third kappa shape index (κ3) is 4.19. The molecule has 10 heteroatoms. The highest BCUT2D eigenvalue weighted by atomic mass is 19.4. The number of rotatable bonds is 6. The van der Waals surface area contributed by atoms with Crippen LogP contribution in [0.15, 0.2) is 24.3 Å². The van der Waals surface area contributed by atoms with Gasteiger partial charge in [-0.05, 0) is 28.1 Å². The lowest BCUT2D eigenvalue weighted by Gasteiger charge is -2.34. The first-order valence-electron chi connectivity index (χ1n) is 8.24. The summed E-state index contributed by atoms with van der Waals surface area (Å²) in [5, 5.41) is 11.9. The number of tetrazole rings is 1. The molecule has 1 aromatic heterocycles. The van der Waals surface area contributed by atoms with Crippen molar-refractivity contribution in [2.45, 2.75) is 18.8 Å². The largest absolute Gasteiger partial charge is 0.416 e. The Balaban J connectivity index is 1.95. The Bertz CT molecular complexity index is 699. The minimum absolute atomic E-state index is 0.354. The molecule has 142 valence electrons. The van der Waals surface area contributed by atoms with Gasteiger partial charge in [0, 0.05) is 20.2 Å². The molecule has 1 aromatic carbocycles. The molecule has 2 heterocycles. The SMILES string of the molecule is COCCn1nnnc1[C@@H](c1ccc(C(F)(F)F)cc1)N1CCOCC1. The van der Waals surface area contributed by atoms with E-state index in [0.29, 0.717) is 50.8 Å². The van der Waals surface area contributed by atoms with Gasteiger partial charge < -0.3 is 9.47 Å². The molecule has 0 aliphatic carbocycles. The van der Waals surface area contributed by atoms with Gasteiger partial charge in [-0.1, -0.05) is 12.1 Å². The first-order chi connectivity index (χ1) is 12.5. The van der Waals surface area contributed by atoms with E-state index in [0.717, 1.165) is 12.1 Å². The summed E-state index contributed by atoms with van der Waals surface area (Å²) >= 11 is 0. The molecule has 26 heavy (non-hydrogen) atoms. The Hall–Kier alpha value is -2.04. The quantitative estimate of drug-likeness (QED) is 0.771. The summed E-state index contributed by atoms with van der Waals surface area (Å²) in [4.78, 5) is 2.11. The van der Waals surface area contributed by atoms with Gasteiger partial charge >= 0.3 is 6.18 Å². The normalized spacial score (nSPS) is 17.4. The van der Waals surface area contributed by atoms with Crippen molar-refractivity contribution in [3.8, 4) is 0 Å². The maximum atomic E-state index is 12.9. The minimum atomic E-state index is -4.37. The van der Waals surface area contributed by atoms with E-state index in [2.05, 4.69) is 20.4 Å². The lowest BCUT2D eigenvalue weighted by molar-refractivity contribution is -0.137. The summed E-state index contributed by atoms with van der Waals surface area (Å²) in [5.74, 6) is 0.573. The van der Waals surface area contributed by atoms with Crippen LogP contribution in [0.2, 0.25) is 0 Å². The summed E-state index contributed by atoms with van der Waals surface area (Å²) in [5.41, 5.74) is 0.0225. The molecule has 1 atom stereocenters. The van der Waals surface area contributed by atoms with Crippen molar-refractivity contribution in [2.24, 2.45) is 0 Å². The van der Waals surface area contributed by atoms with Crippen molar-refractivity contribution >= 4 is 0 Å². The molecular weight excluding hydrogens is 351 g/mol. The molecular formula is C16H20F3N5O2. The van der Waals surface area contributed by atoms with Crippen LogP contribution in [0.4, 0.5) is 13.2 Å². The zero-order valence-electron chi connectivity index (χ0n) is 14.3. The third-order valence-corrected chi connectivity index (χ3v) is 4.28. The highest BCUT2D eigenvalue weighted by Gasteiger charge is 2.32. The minimum Gasteiger partial charge on any atom is -0.383 e. The van der Waals surface area contributed by atoms with Crippen molar-refractivity contribution < 1.29 is 22.6 Å². The Kier molecular flexibility index (Phi) is 5.84. The molecule has 2 aromatic rings. The van der Waals surface area contributed by atoms with Gasteiger partial charge in [0.2, 0.25) is 0 Å². The van der Waals surface area contributed by atoms with E-state index in [1.807, 2.05) is 0 Å². The van der Waals surface area contributed by atoms with Crippen LogP contribution in [0.1, 0.15) is 23.0 Å². The molecule has 0 bridgehead atoms. The molecule has 1 aliphatic rings. The summed E-state index contributed by atoms with van der Waals surface area (Å²) < 4.78 is 50.7. The van der Waals surface area contributed by atoms with E-state index >= 15 is 0 Å². The predicted octanol–water partition coefficient (Wildman–Crippen LogP) is 1.76. The molecule has 3 rings (SSSR count). The van der Waals surface area contributed by atoms with Crippen molar-refractivity contribution in [1.82, 2.24) is 25.1 Å². The van der Waals surface area contributed by atoms with Gasteiger partial charge in [0.15, 0.2) is 5.82 Å². The first kappa shape index (κ1) is 18.7. The highest BCUT2D eigenvalue weighted by molar-refractivity contribution is 5.30. The maximum absolute atomic E-state index is 12.9. The maximum Gasteiger partial charge on any atom is 0.416 e. The molecule has 1 aliphatic heterocycles. The van der Waals surface area contributed by atoms with Gasteiger partial charge in [0.05, 0.1) is 38.0 Å². The third-order valence-electron chi connectivity index (χ3n) is 4.28. The Morgan fingerprint density at radius 1 is 1.19 bits per heavy atom. The average Bonchev–Trinajstić information content (AvgIpc) is 3.09. The smallest absolute Gasteiger partial charge is 0.383 e. The number of aromatic nitrogens is 4.